The van der Waals surface area contributed by atoms with E-state index in [2.05, 4.69) is 29.2 Å². The van der Waals surface area contributed by atoms with E-state index >= 15 is 0 Å². The van der Waals surface area contributed by atoms with E-state index in [1.165, 1.54) is 11.6 Å². The predicted octanol–water partition coefficient (Wildman–Crippen LogP) is 8.88. The zero-order valence-corrected chi connectivity index (χ0v) is 24.7. The number of fused-ring (bicyclic) bond motifs is 1. The molecule has 0 saturated heterocycles. The number of hydrogen-bond acceptors (Lipinski definition) is 3. The van der Waals surface area contributed by atoms with E-state index in [9.17, 15) is 23.1 Å². The maximum Gasteiger partial charge on any atom is 0.417 e. The fourth-order valence-corrected chi connectivity index (χ4v) is 6.09. The molecule has 0 amide bonds. The minimum atomic E-state index is -4.55. The summed E-state index contributed by atoms with van der Waals surface area (Å²) in [6.45, 7) is 4.42. The van der Waals surface area contributed by atoms with Crippen LogP contribution in [0.2, 0.25) is 5.02 Å². The fraction of sp³-hybridized carbons (Fsp3) is 0.286. The number of rotatable bonds is 9. The number of carbonyl (C=O) groups is 1. The number of halogens is 4. The molecule has 0 fully saturated rings. The molecule has 2 atom stereocenters. The second-order valence-corrected chi connectivity index (χ2v) is 11.8. The molecule has 224 valence electrons. The highest BCUT2D eigenvalue weighted by Gasteiger charge is 2.37. The summed E-state index contributed by atoms with van der Waals surface area (Å²) >= 11 is 6.36. The van der Waals surface area contributed by atoms with Crippen LogP contribution in [0.1, 0.15) is 65.6 Å². The lowest BCUT2D eigenvalue weighted by atomic mass is 9.80. The van der Waals surface area contributed by atoms with Gasteiger partial charge in [-0.25, -0.2) is 0 Å². The average molecular weight is 608 g/mol. The molecule has 8 heteroatoms. The molecule has 1 aliphatic heterocycles. The highest BCUT2D eigenvalue weighted by Crippen LogP contribution is 2.43. The molecule has 0 aromatic heterocycles. The van der Waals surface area contributed by atoms with Crippen molar-refractivity contribution < 1.29 is 27.8 Å². The Morgan fingerprint density at radius 1 is 0.930 bits per heavy atom. The SMILES string of the molecule is CC(C)(C(=O)O)c1cccc(OCCC2c3ccccc3C(c3ccccc3)CN2Cc2cccc(C(F)(F)F)c2Cl)c1. The quantitative estimate of drug-likeness (QED) is 0.206. The van der Waals surface area contributed by atoms with Crippen molar-refractivity contribution >= 4 is 17.6 Å². The summed E-state index contributed by atoms with van der Waals surface area (Å²) in [6, 6.07) is 29.3. The molecule has 1 N–H and O–H groups in total. The molecular weight excluding hydrogens is 575 g/mol. The highest BCUT2D eigenvalue weighted by molar-refractivity contribution is 6.32. The van der Waals surface area contributed by atoms with Crippen LogP contribution in [0.15, 0.2) is 97.1 Å². The summed E-state index contributed by atoms with van der Waals surface area (Å²) in [6.07, 6.45) is -3.99. The van der Waals surface area contributed by atoms with Crippen LogP contribution in [-0.2, 0) is 22.9 Å². The van der Waals surface area contributed by atoms with Crippen LogP contribution >= 0.6 is 11.6 Å². The Balaban J connectivity index is 1.46. The van der Waals surface area contributed by atoms with Crippen LogP contribution in [0.25, 0.3) is 0 Å². The van der Waals surface area contributed by atoms with Gasteiger partial charge < -0.3 is 9.84 Å². The minimum absolute atomic E-state index is 0.0223. The van der Waals surface area contributed by atoms with Gasteiger partial charge in [-0.3, -0.25) is 9.69 Å². The third-order valence-corrected chi connectivity index (χ3v) is 8.74. The van der Waals surface area contributed by atoms with Crippen molar-refractivity contribution in [3.63, 3.8) is 0 Å². The summed E-state index contributed by atoms with van der Waals surface area (Å²) in [4.78, 5) is 14.0. The Kier molecular flexibility index (Phi) is 8.86. The molecule has 5 rings (SSSR count). The maximum absolute atomic E-state index is 13.7. The zero-order chi connectivity index (χ0) is 30.8. The molecule has 0 saturated carbocycles. The molecule has 2 unspecified atom stereocenters. The second kappa shape index (κ2) is 12.4. The number of nitrogens with zero attached hydrogens (tertiary/aromatic N) is 1. The molecule has 4 aromatic carbocycles. The normalized spacial score (nSPS) is 17.3. The Morgan fingerprint density at radius 2 is 1.60 bits per heavy atom. The van der Waals surface area contributed by atoms with Crippen molar-refractivity contribution in [1.82, 2.24) is 4.90 Å². The van der Waals surface area contributed by atoms with E-state index in [4.69, 9.17) is 16.3 Å². The molecule has 0 aliphatic carbocycles. The largest absolute Gasteiger partial charge is 0.494 e. The zero-order valence-electron chi connectivity index (χ0n) is 23.9. The third-order valence-electron chi connectivity index (χ3n) is 8.30. The van der Waals surface area contributed by atoms with Gasteiger partial charge in [0.05, 0.1) is 22.6 Å². The van der Waals surface area contributed by atoms with Crippen molar-refractivity contribution in [3.05, 3.63) is 135 Å². The van der Waals surface area contributed by atoms with Crippen molar-refractivity contribution in [2.24, 2.45) is 0 Å². The molecule has 0 bridgehead atoms. The van der Waals surface area contributed by atoms with Gasteiger partial charge in [0, 0.05) is 31.5 Å². The van der Waals surface area contributed by atoms with E-state index in [1.54, 1.807) is 44.2 Å². The summed E-state index contributed by atoms with van der Waals surface area (Å²) in [5.41, 5.74) is 2.53. The van der Waals surface area contributed by atoms with Crippen LogP contribution in [0.5, 0.6) is 5.75 Å². The van der Waals surface area contributed by atoms with Crippen LogP contribution in [0, 0.1) is 0 Å². The van der Waals surface area contributed by atoms with Gasteiger partial charge in [-0.05, 0) is 59.9 Å². The standard InChI is InChI=1S/C35H33ClF3NO3/c1-34(2,33(41)42)25-13-9-14-26(20-25)43-19-18-31-28-16-7-6-15-27(28)29(23-10-4-3-5-11-23)22-40(31)21-24-12-8-17-30(32(24)36)35(37,38)39/h3-17,20,29,31H,18-19,21-22H2,1-2H3,(H,41,42). The van der Waals surface area contributed by atoms with Crippen molar-refractivity contribution in [2.45, 2.75) is 50.4 Å². The first kappa shape index (κ1) is 30.6. The topological polar surface area (TPSA) is 49.8 Å². The average Bonchev–Trinajstić information content (AvgIpc) is 2.98. The molecule has 0 spiro atoms. The van der Waals surface area contributed by atoms with Crippen molar-refractivity contribution in [2.75, 3.05) is 13.2 Å². The molecule has 4 nitrogen and oxygen atoms in total. The third kappa shape index (κ3) is 6.58. The number of carboxylic acids is 1. The molecule has 0 radical (unpaired) electrons. The summed E-state index contributed by atoms with van der Waals surface area (Å²) < 4.78 is 47.2. The fourth-order valence-electron chi connectivity index (χ4n) is 5.80. The van der Waals surface area contributed by atoms with E-state index in [1.807, 2.05) is 30.3 Å². The summed E-state index contributed by atoms with van der Waals surface area (Å²) in [5, 5.41) is 9.36. The van der Waals surface area contributed by atoms with Gasteiger partial charge in [-0.15, -0.1) is 0 Å². The number of ether oxygens (including phenoxy) is 1. The smallest absolute Gasteiger partial charge is 0.417 e. The predicted molar refractivity (Wildman–Crippen MR) is 162 cm³/mol. The summed E-state index contributed by atoms with van der Waals surface area (Å²) in [7, 11) is 0. The van der Waals surface area contributed by atoms with Crippen molar-refractivity contribution in [1.29, 1.82) is 0 Å². The van der Waals surface area contributed by atoms with Crippen molar-refractivity contribution in [3.8, 4) is 5.75 Å². The first-order chi connectivity index (χ1) is 20.5. The van der Waals surface area contributed by atoms with Gasteiger partial charge in [-0.2, -0.15) is 13.2 Å². The van der Waals surface area contributed by atoms with Gasteiger partial charge in [0.25, 0.3) is 0 Å². The first-order valence-electron chi connectivity index (χ1n) is 14.2. The number of aliphatic carboxylic acids is 1. The van der Waals surface area contributed by atoms with Gasteiger partial charge in [0.1, 0.15) is 5.75 Å². The number of hydrogen-bond donors (Lipinski definition) is 1. The van der Waals surface area contributed by atoms with E-state index in [0.717, 1.165) is 17.2 Å². The molecule has 1 heterocycles. The Labute approximate surface area is 254 Å². The number of alkyl halides is 3. The molecule has 43 heavy (non-hydrogen) atoms. The van der Waals surface area contributed by atoms with Gasteiger partial charge in [0.2, 0.25) is 0 Å². The van der Waals surface area contributed by atoms with Gasteiger partial charge in [0.15, 0.2) is 0 Å². The van der Waals surface area contributed by atoms with E-state index in [-0.39, 0.29) is 23.5 Å². The summed E-state index contributed by atoms with van der Waals surface area (Å²) in [5.74, 6) is -0.347. The van der Waals surface area contributed by atoms with Gasteiger partial charge in [-0.1, -0.05) is 90.5 Å². The lowest BCUT2D eigenvalue weighted by Gasteiger charge is -2.42. The van der Waals surface area contributed by atoms with Gasteiger partial charge >= 0.3 is 12.1 Å². The Hall–Kier alpha value is -3.81. The highest BCUT2D eigenvalue weighted by atomic mass is 35.5. The van der Waals surface area contributed by atoms with Crippen LogP contribution in [0.4, 0.5) is 13.2 Å². The van der Waals surface area contributed by atoms with Crippen LogP contribution in [-0.4, -0.2) is 29.1 Å². The Morgan fingerprint density at radius 3 is 2.30 bits per heavy atom. The minimum Gasteiger partial charge on any atom is -0.494 e. The van der Waals surface area contributed by atoms with Crippen LogP contribution < -0.4 is 4.74 Å². The maximum atomic E-state index is 13.7. The molecule has 4 aromatic rings. The van der Waals surface area contributed by atoms with E-state index in [0.29, 0.717) is 36.4 Å². The lowest BCUT2D eigenvalue weighted by molar-refractivity contribution is -0.142. The first-order valence-corrected chi connectivity index (χ1v) is 14.5. The van der Waals surface area contributed by atoms with Crippen LogP contribution in [0.3, 0.4) is 0 Å². The molecule has 1 aliphatic rings. The molecular formula is C35H33ClF3NO3. The number of carboxylic acid groups (broad SMARTS) is 1. The second-order valence-electron chi connectivity index (χ2n) is 11.4. The number of benzene rings is 4. The Bertz CT molecular complexity index is 1590. The monoisotopic (exact) mass is 607 g/mol. The lowest BCUT2D eigenvalue weighted by Crippen LogP contribution is -2.38. The van der Waals surface area contributed by atoms with E-state index < -0.39 is 23.1 Å².